The van der Waals surface area contributed by atoms with Gasteiger partial charge in [0.2, 0.25) is 0 Å². The van der Waals surface area contributed by atoms with Crippen molar-refractivity contribution in [2.75, 3.05) is 0 Å². The van der Waals surface area contributed by atoms with Crippen molar-refractivity contribution in [2.24, 2.45) is 0 Å². The standard InChI is InChI=1S/C24H18N2O/c27-23(19-11-5-2-6-12-19)17-26-22-14-8-7-13-21(22)25-16-20(15-24(25)26)18-9-3-1-4-10-18/h1-16H,17H2. The number of nitrogens with zero attached hydrogens (tertiary/aromatic N) is 2. The second-order valence-electron chi connectivity index (χ2n) is 6.69. The summed E-state index contributed by atoms with van der Waals surface area (Å²) in [6, 6.07) is 30.2. The Kier molecular flexibility index (Phi) is 3.65. The fraction of sp³-hybridized carbons (Fsp3) is 0.0417. The van der Waals surface area contributed by atoms with Crippen LogP contribution < -0.4 is 0 Å². The van der Waals surface area contributed by atoms with E-state index in [2.05, 4.69) is 45.5 Å². The van der Waals surface area contributed by atoms with E-state index in [-0.39, 0.29) is 5.78 Å². The Morgan fingerprint density at radius 2 is 1.33 bits per heavy atom. The quantitative estimate of drug-likeness (QED) is 0.396. The molecule has 0 spiro atoms. The van der Waals surface area contributed by atoms with Crippen LogP contribution in [0, 0.1) is 0 Å². The van der Waals surface area contributed by atoms with Crippen molar-refractivity contribution in [2.45, 2.75) is 6.54 Å². The van der Waals surface area contributed by atoms with Gasteiger partial charge < -0.3 is 8.97 Å². The zero-order valence-electron chi connectivity index (χ0n) is 14.7. The highest BCUT2D eigenvalue weighted by molar-refractivity contribution is 5.97. The van der Waals surface area contributed by atoms with E-state index in [0.717, 1.165) is 27.8 Å². The number of aromatic nitrogens is 2. The minimum absolute atomic E-state index is 0.112. The molecule has 2 aromatic heterocycles. The lowest BCUT2D eigenvalue weighted by atomic mass is 10.1. The average molecular weight is 350 g/mol. The number of carbonyl (C=O) groups is 1. The van der Waals surface area contributed by atoms with Gasteiger partial charge in [0.25, 0.3) is 0 Å². The van der Waals surface area contributed by atoms with Crippen LogP contribution in [0.5, 0.6) is 0 Å². The third-order valence-electron chi connectivity index (χ3n) is 5.01. The van der Waals surface area contributed by atoms with E-state index in [4.69, 9.17) is 0 Å². The summed E-state index contributed by atoms with van der Waals surface area (Å²) >= 11 is 0. The van der Waals surface area contributed by atoms with Crippen molar-refractivity contribution in [3.05, 3.63) is 103 Å². The maximum Gasteiger partial charge on any atom is 0.182 e. The highest BCUT2D eigenvalue weighted by atomic mass is 16.1. The molecule has 0 N–H and O–H groups in total. The molecule has 130 valence electrons. The van der Waals surface area contributed by atoms with Crippen LogP contribution in [0.15, 0.2) is 97.2 Å². The number of carbonyl (C=O) groups excluding carboxylic acids is 1. The molecule has 2 heterocycles. The number of fused-ring (bicyclic) bond motifs is 3. The van der Waals surface area contributed by atoms with Crippen molar-refractivity contribution in [1.29, 1.82) is 0 Å². The predicted molar refractivity (Wildman–Crippen MR) is 109 cm³/mol. The van der Waals surface area contributed by atoms with E-state index in [1.54, 1.807) is 0 Å². The predicted octanol–water partition coefficient (Wildman–Crippen LogP) is 5.44. The van der Waals surface area contributed by atoms with Gasteiger partial charge in [-0.2, -0.15) is 0 Å². The first-order chi connectivity index (χ1) is 13.3. The van der Waals surface area contributed by atoms with E-state index in [1.165, 1.54) is 5.56 Å². The molecule has 5 aromatic rings. The van der Waals surface area contributed by atoms with Crippen LogP contribution in [-0.4, -0.2) is 14.8 Å². The molecule has 5 rings (SSSR count). The summed E-state index contributed by atoms with van der Waals surface area (Å²) in [5.74, 6) is 0.112. The summed E-state index contributed by atoms with van der Waals surface area (Å²) in [7, 11) is 0. The summed E-state index contributed by atoms with van der Waals surface area (Å²) in [5.41, 5.74) is 6.26. The summed E-state index contributed by atoms with van der Waals surface area (Å²) in [6.07, 6.45) is 2.15. The van der Waals surface area contributed by atoms with Crippen LogP contribution >= 0.6 is 0 Å². The lowest BCUT2D eigenvalue weighted by Gasteiger charge is -2.05. The smallest absolute Gasteiger partial charge is 0.182 e. The first kappa shape index (κ1) is 15.6. The van der Waals surface area contributed by atoms with Gasteiger partial charge in [0.05, 0.1) is 17.6 Å². The molecule has 0 radical (unpaired) electrons. The highest BCUT2D eigenvalue weighted by Crippen LogP contribution is 2.28. The Balaban J connectivity index is 1.67. The molecule has 0 unspecified atom stereocenters. The highest BCUT2D eigenvalue weighted by Gasteiger charge is 2.15. The Morgan fingerprint density at radius 3 is 2.07 bits per heavy atom. The van der Waals surface area contributed by atoms with Gasteiger partial charge in [0.15, 0.2) is 5.78 Å². The molecule has 0 atom stereocenters. The van der Waals surface area contributed by atoms with E-state index in [0.29, 0.717) is 6.54 Å². The number of hydrogen-bond acceptors (Lipinski definition) is 1. The van der Waals surface area contributed by atoms with E-state index < -0.39 is 0 Å². The Hall–Kier alpha value is -3.59. The summed E-state index contributed by atoms with van der Waals surface area (Å²) in [6.45, 7) is 0.319. The van der Waals surface area contributed by atoms with Gasteiger partial charge in [0.1, 0.15) is 5.65 Å². The lowest BCUT2D eigenvalue weighted by Crippen LogP contribution is -2.10. The fourth-order valence-electron chi connectivity index (χ4n) is 3.69. The van der Waals surface area contributed by atoms with Gasteiger partial charge in [-0.1, -0.05) is 72.8 Å². The maximum atomic E-state index is 12.8. The molecule has 27 heavy (non-hydrogen) atoms. The lowest BCUT2D eigenvalue weighted by molar-refractivity contribution is 0.0974. The number of ketones is 1. The number of imidazole rings is 1. The number of Topliss-reactive ketones (excluding diaryl/α,β-unsaturated/α-hetero) is 1. The van der Waals surface area contributed by atoms with Crippen LogP contribution in [0.1, 0.15) is 10.4 Å². The van der Waals surface area contributed by atoms with Crippen molar-refractivity contribution < 1.29 is 4.79 Å². The molecule has 0 fully saturated rings. The van der Waals surface area contributed by atoms with Gasteiger partial charge in [0, 0.05) is 17.3 Å². The molecular formula is C24H18N2O. The van der Waals surface area contributed by atoms with E-state index in [1.807, 2.05) is 60.7 Å². The SMILES string of the molecule is O=C(Cn1c2ccccc2n2cc(-c3ccccc3)cc12)c1ccccc1. The maximum absolute atomic E-state index is 12.8. The molecule has 3 nitrogen and oxygen atoms in total. The zero-order valence-corrected chi connectivity index (χ0v) is 14.7. The topological polar surface area (TPSA) is 26.4 Å². The molecule has 0 aliphatic heterocycles. The number of benzene rings is 3. The van der Waals surface area contributed by atoms with Gasteiger partial charge in [-0.05, 0) is 23.8 Å². The van der Waals surface area contributed by atoms with Crippen molar-refractivity contribution in [3.63, 3.8) is 0 Å². The summed E-state index contributed by atoms with van der Waals surface area (Å²) < 4.78 is 4.28. The molecule has 0 saturated heterocycles. The van der Waals surface area contributed by atoms with Crippen molar-refractivity contribution in [1.82, 2.24) is 8.97 Å². The average Bonchev–Trinajstić information content (AvgIpc) is 3.28. The molecule has 0 aliphatic rings. The Bertz CT molecular complexity index is 1250. The molecule has 3 heteroatoms. The van der Waals surface area contributed by atoms with Gasteiger partial charge in [-0.15, -0.1) is 0 Å². The third kappa shape index (κ3) is 2.64. The van der Waals surface area contributed by atoms with Crippen molar-refractivity contribution in [3.8, 4) is 11.1 Å². The summed E-state index contributed by atoms with van der Waals surface area (Å²) in [4.78, 5) is 12.8. The minimum atomic E-state index is 0.112. The molecule has 3 aromatic carbocycles. The van der Waals surface area contributed by atoms with Crippen LogP contribution in [0.4, 0.5) is 0 Å². The Labute approximate surface area is 157 Å². The molecule has 0 saturated carbocycles. The van der Waals surface area contributed by atoms with Gasteiger partial charge in [-0.25, -0.2) is 0 Å². The van der Waals surface area contributed by atoms with Crippen LogP contribution in [0.3, 0.4) is 0 Å². The number of para-hydroxylation sites is 2. The number of hydrogen-bond donors (Lipinski definition) is 0. The molecule has 0 aliphatic carbocycles. The monoisotopic (exact) mass is 350 g/mol. The largest absolute Gasteiger partial charge is 0.318 e. The van der Waals surface area contributed by atoms with Crippen LogP contribution in [0.25, 0.3) is 27.8 Å². The van der Waals surface area contributed by atoms with E-state index in [9.17, 15) is 4.79 Å². The summed E-state index contributed by atoms with van der Waals surface area (Å²) in [5, 5.41) is 0. The normalized spacial score (nSPS) is 11.3. The Morgan fingerprint density at radius 1 is 0.704 bits per heavy atom. The van der Waals surface area contributed by atoms with Crippen molar-refractivity contribution >= 4 is 22.5 Å². The fourth-order valence-corrected chi connectivity index (χ4v) is 3.69. The second-order valence-corrected chi connectivity index (χ2v) is 6.69. The third-order valence-corrected chi connectivity index (χ3v) is 5.01. The van der Waals surface area contributed by atoms with Crippen LogP contribution in [-0.2, 0) is 6.54 Å². The van der Waals surface area contributed by atoms with E-state index >= 15 is 0 Å². The van der Waals surface area contributed by atoms with Gasteiger partial charge in [-0.3, -0.25) is 4.79 Å². The van der Waals surface area contributed by atoms with Gasteiger partial charge >= 0.3 is 0 Å². The van der Waals surface area contributed by atoms with Crippen LogP contribution in [0.2, 0.25) is 0 Å². The first-order valence-corrected chi connectivity index (χ1v) is 9.04. The zero-order chi connectivity index (χ0) is 18.2. The molecular weight excluding hydrogens is 332 g/mol. The molecule has 0 bridgehead atoms. The second kappa shape index (κ2) is 6.29. The minimum Gasteiger partial charge on any atom is -0.318 e. The number of rotatable bonds is 4. The molecule has 0 amide bonds. The first-order valence-electron chi connectivity index (χ1n) is 9.04.